The topological polar surface area (TPSA) is 63.2 Å². The van der Waals surface area contributed by atoms with Gasteiger partial charge in [-0.05, 0) is 51.6 Å². The largest absolute Gasteiger partial charge is 0.493 e. The third kappa shape index (κ3) is 2.90. The molecule has 6 nitrogen and oxygen atoms in total. The summed E-state index contributed by atoms with van der Waals surface area (Å²) in [6.45, 7) is 10.1. The van der Waals surface area contributed by atoms with E-state index in [1.807, 2.05) is 13.8 Å². The number of nitrogens with one attached hydrogen (secondary N) is 1. The lowest BCUT2D eigenvalue weighted by atomic mass is 9.83. The predicted molar refractivity (Wildman–Crippen MR) is 104 cm³/mol. The second-order valence-electron chi connectivity index (χ2n) is 9.04. The first-order valence-corrected chi connectivity index (χ1v) is 9.76. The molecule has 0 unspecified atom stereocenters. The maximum Gasteiger partial charge on any atom is 0.254 e. The van der Waals surface area contributed by atoms with Gasteiger partial charge in [-0.1, -0.05) is 19.9 Å². The highest BCUT2D eigenvalue weighted by Gasteiger charge is 2.50. The molecule has 1 amide bonds. The van der Waals surface area contributed by atoms with Crippen molar-refractivity contribution in [1.82, 2.24) is 10.3 Å². The molecule has 1 saturated heterocycles. The Morgan fingerprint density at radius 3 is 2.63 bits per heavy atom. The van der Waals surface area contributed by atoms with Crippen LogP contribution in [0.5, 0.6) is 0 Å². The Bertz CT molecular complexity index is 795. The summed E-state index contributed by atoms with van der Waals surface area (Å²) in [7, 11) is 1.66. The minimum Gasteiger partial charge on any atom is -0.493 e. The molecule has 1 aliphatic carbocycles. The van der Waals surface area contributed by atoms with Crippen molar-refractivity contribution < 1.29 is 14.3 Å². The number of hydrogen-bond donors (Lipinski definition) is 1. The summed E-state index contributed by atoms with van der Waals surface area (Å²) in [6, 6.07) is 0.157. The number of carbonyl (C=O) groups excluding carboxylic acids is 1. The Morgan fingerprint density at radius 2 is 1.96 bits per heavy atom. The van der Waals surface area contributed by atoms with E-state index in [2.05, 4.69) is 25.2 Å². The zero-order valence-corrected chi connectivity index (χ0v) is 16.9. The SMILES string of the molecule is COC1=COC(C2=NN(C3CCNCC3)C(=O)C2(C)C)=C2CC(C)(C)C=C12. The van der Waals surface area contributed by atoms with Crippen molar-refractivity contribution in [3.63, 3.8) is 0 Å². The van der Waals surface area contributed by atoms with Crippen molar-refractivity contribution in [3.05, 3.63) is 35.0 Å². The Hall–Kier alpha value is -2.08. The van der Waals surface area contributed by atoms with Gasteiger partial charge in [0.1, 0.15) is 12.0 Å². The number of nitrogens with zero attached hydrogens (tertiary/aromatic N) is 2. The lowest BCUT2D eigenvalue weighted by molar-refractivity contribution is -0.137. The average molecular weight is 371 g/mol. The summed E-state index contributed by atoms with van der Waals surface area (Å²) >= 11 is 0. The van der Waals surface area contributed by atoms with Gasteiger partial charge in [0, 0.05) is 11.1 Å². The Labute approximate surface area is 161 Å². The van der Waals surface area contributed by atoms with E-state index in [9.17, 15) is 4.79 Å². The minimum absolute atomic E-state index is 0.0171. The molecule has 27 heavy (non-hydrogen) atoms. The molecule has 0 saturated carbocycles. The second-order valence-corrected chi connectivity index (χ2v) is 9.04. The van der Waals surface area contributed by atoms with E-state index in [1.54, 1.807) is 18.4 Å². The van der Waals surface area contributed by atoms with Gasteiger partial charge in [-0.3, -0.25) is 4.79 Å². The summed E-state index contributed by atoms with van der Waals surface area (Å²) in [4.78, 5) is 13.2. The normalized spacial score (nSPS) is 27.1. The monoisotopic (exact) mass is 371 g/mol. The molecule has 4 aliphatic rings. The van der Waals surface area contributed by atoms with E-state index < -0.39 is 5.41 Å². The molecular weight excluding hydrogens is 342 g/mol. The van der Waals surface area contributed by atoms with E-state index in [1.165, 1.54) is 0 Å². The summed E-state index contributed by atoms with van der Waals surface area (Å²) in [6.07, 6.45) is 6.57. The first-order chi connectivity index (χ1) is 12.7. The van der Waals surface area contributed by atoms with Crippen LogP contribution in [0.25, 0.3) is 0 Å². The maximum atomic E-state index is 13.2. The lowest BCUT2D eigenvalue weighted by Crippen LogP contribution is -2.45. The van der Waals surface area contributed by atoms with Gasteiger partial charge in [-0.15, -0.1) is 0 Å². The van der Waals surface area contributed by atoms with Crippen LogP contribution in [-0.4, -0.2) is 42.9 Å². The molecule has 6 heteroatoms. The van der Waals surface area contributed by atoms with Crippen molar-refractivity contribution in [2.75, 3.05) is 20.2 Å². The average Bonchev–Trinajstić information content (AvgIpc) is 3.08. The van der Waals surface area contributed by atoms with Gasteiger partial charge >= 0.3 is 0 Å². The second kappa shape index (κ2) is 6.23. The van der Waals surface area contributed by atoms with Crippen molar-refractivity contribution >= 4 is 11.6 Å². The number of piperidine rings is 1. The fourth-order valence-corrected chi connectivity index (χ4v) is 4.40. The van der Waals surface area contributed by atoms with E-state index in [-0.39, 0.29) is 17.4 Å². The highest BCUT2D eigenvalue weighted by Crippen LogP contribution is 2.48. The van der Waals surface area contributed by atoms with Gasteiger partial charge in [0.15, 0.2) is 11.5 Å². The molecule has 3 aliphatic heterocycles. The fourth-order valence-electron chi connectivity index (χ4n) is 4.40. The third-order valence-corrected chi connectivity index (χ3v) is 5.95. The molecule has 0 spiro atoms. The molecule has 4 rings (SSSR count). The number of fused-ring (bicyclic) bond motifs is 1. The van der Waals surface area contributed by atoms with Gasteiger partial charge in [0.25, 0.3) is 5.91 Å². The minimum atomic E-state index is -0.705. The van der Waals surface area contributed by atoms with Crippen LogP contribution >= 0.6 is 0 Å². The number of rotatable bonds is 3. The first-order valence-electron chi connectivity index (χ1n) is 9.76. The van der Waals surface area contributed by atoms with E-state index in [4.69, 9.17) is 14.6 Å². The molecule has 0 bridgehead atoms. The fraction of sp³-hybridized carbons (Fsp3) is 0.619. The Morgan fingerprint density at radius 1 is 1.26 bits per heavy atom. The molecule has 3 heterocycles. The maximum absolute atomic E-state index is 13.2. The summed E-state index contributed by atoms with van der Waals surface area (Å²) < 4.78 is 11.5. The number of ether oxygens (including phenoxy) is 2. The molecule has 1 fully saturated rings. The molecule has 0 aromatic rings. The number of hydrogen-bond acceptors (Lipinski definition) is 5. The van der Waals surface area contributed by atoms with Gasteiger partial charge in [-0.25, -0.2) is 5.01 Å². The van der Waals surface area contributed by atoms with Crippen LogP contribution in [0.15, 0.2) is 40.1 Å². The van der Waals surface area contributed by atoms with Gasteiger partial charge < -0.3 is 14.8 Å². The Kier molecular flexibility index (Phi) is 4.22. The van der Waals surface area contributed by atoms with Crippen LogP contribution in [0, 0.1) is 10.8 Å². The number of carbonyl (C=O) groups is 1. The van der Waals surface area contributed by atoms with E-state index in [0.717, 1.165) is 60.7 Å². The van der Waals surface area contributed by atoms with Crippen LogP contribution in [0.4, 0.5) is 0 Å². The molecule has 0 radical (unpaired) electrons. The van der Waals surface area contributed by atoms with Crippen molar-refractivity contribution in [2.45, 2.75) is 53.0 Å². The molecule has 146 valence electrons. The smallest absolute Gasteiger partial charge is 0.254 e. The zero-order valence-electron chi connectivity index (χ0n) is 16.9. The molecule has 0 aromatic carbocycles. The number of methoxy groups -OCH3 is 1. The molecular formula is C21H29N3O3. The van der Waals surface area contributed by atoms with Crippen LogP contribution in [0.1, 0.15) is 47.0 Å². The van der Waals surface area contributed by atoms with Crippen LogP contribution in [0.2, 0.25) is 0 Å². The number of hydrazone groups is 1. The van der Waals surface area contributed by atoms with E-state index in [0.29, 0.717) is 0 Å². The lowest BCUT2D eigenvalue weighted by Gasteiger charge is -2.30. The predicted octanol–water partition coefficient (Wildman–Crippen LogP) is 3.09. The molecule has 1 N–H and O–H groups in total. The van der Waals surface area contributed by atoms with Crippen molar-refractivity contribution in [2.24, 2.45) is 15.9 Å². The highest BCUT2D eigenvalue weighted by atomic mass is 16.5. The van der Waals surface area contributed by atoms with Crippen molar-refractivity contribution in [3.8, 4) is 0 Å². The van der Waals surface area contributed by atoms with Gasteiger partial charge in [0.05, 0.1) is 18.6 Å². The standard InChI is InChI=1S/C21H29N3O3/c1-20(2)10-14-15(11-20)17(27-12-16(14)26-5)18-21(3,4)19(25)24(23-18)13-6-8-22-9-7-13/h10,12-13,22H,6-9,11H2,1-5H3. The number of allylic oxidation sites excluding steroid dienone is 3. The highest BCUT2D eigenvalue weighted by molar-refractivity contribution is 6.19. The first kappa shape index (κ1) is 18.3. The van der Waals surface area contributed by atoms with Crippen LogP contribution < -0.4 is 5.32 Å². The molecule has 0 atom stereocenters. The summed E-state index contributed by atoms with van der Waals surface area (Å²) in [5.74, 6) is 1.52. The van der Waals surface area contributed by atoms with Gasteiger partial charge in [-0.2, -0.15) is 5.10 Å². The quantitative estimate of drug-likeness (QED) is 0.828. The Balaban J connectivity index is 1.75. The van der Waals surface area contributed by atoms with E-state index >= 15 is 0 Å². The third-order valence-electron chi connectivity index (χ3n) is 5.95. The number of amides is 1. The van der Waals surface area contributed by atoms with Crippen LogP contribution in [0.3, 0.4) is 0 Å². The summed E-state index contributed by atoms with van der Waals surface area (Å²) in [5.41, 5.74) is 2.20. The van der Waals surface area contributed by atoms with Crippen LogP contribution in [-0.2, 0) is 14.3 Å². The van der Waals surface area contributed by atoms with Gasteiger partial charge in [0.2, 0.25) is 0 Å². The molecule has 0 aromatic heterocycles. The zero-order chi connectivity index (χ0) is 19.4. The summed E-state index contributed by atoms with van der Waals surface area (Å²) in [5, 5.41) is 9.88. The van der Waals surface area contributed by atoms with Crippen molar-refractivity contribution in [1.29, 1.82) is 0 Å².